The topological polar surface area (TPSA) is 95.9 Å². The normalized spacial score (nSPS) is 40.3. The summed E-state index contributed by atoms with van der Waals surface area (Å²) in [5, 5.41) is 3.53. The van der Waals surface area contributed by atoms with E-state index in [0.717, 1.165) is 5.01 Å². The molecule has 0 N–H and O–H groups in total. The lowest BCUT2D eigenvalue weighted by atomic mass is 9.99. The van der Waals surface area contributed by atoms with Gasteiger partial charge in [-0.25, -0.2) is 0 Å². The molecule has 0 aromatic carbocycles. The molecule has 1 amide bonds. The first kappa shape index (κ1) is 16.7. The van der Waals surface area contributed by atoms with Gasteiger partial charge >= 0.3 is 0 Å². The predicted octanol–water partition coefficient (Wildman–Crippen LogP) is 0.913. The zero-order chi connectivity index (χ0) is 17.0. The van der Waals surface area contributed by atoms with E-state index < -0.39 is 48.2 Å². The Morgan fingerprint density at radius 2 is 1.57 bits per heavy atom. The molecule has 130 valence electrons. The number of amides is 1. The molecule has 0 aromatic rings. The molecule has 0 radical (unpaired) electrons. The van der Waals surface area contributed by atoms with E-state index in [1.807, 2.05) is 0 Å². The second-order valence-electron chi connectivity index (χ2n) is 6.89. The number of nitroso groups, excluding NO2 is 1. The van der Waals surface area contributed by atoms with E-state index in [-0.39, 0.29) is 6.54 Å². The summed E-state index contributed by atoms with van der Waals surface area (Å²) in [6.45, 7) is 8.38. The molecule has 0 spiro atoms. The minimum atomic E-state index is -0.822. The van der Waals surface area contributed by atoms with Gasteiger partial charge in [0, 0.05) is 6.92 Å². The fourth-order valence-electron chi connectivity index (χ4n) is 3.23. The molecular formula is C14H22N2O7. The Balaban J connectivity index is 1.84. The fourth-order valence-corrected chi connectivity index (χ4v) is 3.23. The summed E-state index contributed by atoms with van der Waals surface area (Å²) in [7, 11) is 0. The minimum absolute atomic E-state index is 0.0353. The maximum atomic E-state index is 11.4. The number of carbonyl (C=O) groups is 1. The third-order valence-corrected chi connectivity index (χ3v) is 4.07. The van der Waals surface area contributed by atoms with E-state index in [1.165, 1.54) is 6.92 Å². The van der Waals surface area contributed by atoms with Gasteiger partial charge in [-0.15, -0.1) is 4.91 Å². The SMILES string of the molecule is CC(=O)N(C[C@H]1O[C@@H]2OC(C)(C)O[C@@H]2[C@H]2OC(C)(C)O[C@H]21)N=O. The van der Waals surface area contributed by atoms with Crippen LogP contribution >= 0.6 is 0 Å². The number of fused-ring (bicyclic) bond motifs is 3. The lowest BCUT2D eigenvalue weighted by Crippen LogP contribution is -2.57. The van der Waals surface area contributed by atoms with Crippen LogP contribution in [0, 0.1) is 4.91 Å². The Morgan fingerprint density at radius 1 is 1.00 bits per heavy atom. The first-order valence-electron chi connectivity index (χ1n) is 7.60. The number of hydrogen-bond donors (Lipinski definition) is 0. The number of rotatable bonds is 3. The van der Waals surface area contributed by atoms with Crippen molar-refractivity contribution in [2.45, 2.75) is 76.9 Å². The lowest BCUT2D eigenvalue weighted by Gasteiger charge is -2.37. The van der Waals surface area contributed by atoms with Crippen molar-refractivity contribution in [1.82, 2.24) is 5.01 Å². The molecule has 9 nitrogen and oxygen atoms in total. The molecule has 3 aliphatic rings. The molecule has 0 aliphatic carbocycles. The van der Waals surface area contributed by atoms with Crippen LogP contribution in [0.5, 0.6) is 0 Å². The van der Waals surface area contributed by atoms with E-state index in [2.05, 4.69) is 5.29 Å². The van der Waals surface area contributed by atoms with Crippen molar-refractivity contribution in [2.24, 2.45) is 5.29 Å². The molecule has 0 unspecified atom stereocenters. The van der Waals surface area contributed by atoms with Gasteiger partial charge in [-0.3, -0.25) is 4.79 Å². The highest BCUT2D eigenvalue weighted by Gasteiger charge is 2.60. The molecule has 3 rings (SSSR count). The van der Waals surface area contributed by atoms with Gasteiger partial charge in [0.1, 0.15) is 24.4 Å². The Morgan fingerprint density at radius 3 is 2.17 bits per heavy atom. The Bertz CT molecular complexity index is 509. The molecule has 5 atom stereocenters. The maximum Gasteiger partial charge on any atom is 0.242 e. The van der Waals surface area contributed by atoms with Gasteiger partial charge < -0.3 is 23.7 Å². The summed E-state index contributed by atoms with van der Waals surface area (Å²) in [6.07, 6.45) is -2.62. The molecule has 0 bridgehead atoms. The van der Waals surface area contributed by atoms with Gasteiger partial charge in [0.25, 0.3) is 0 Å². The molecule has 0 saturated carbocycles. The van der Waals surface area contributed by atoms with Gasteiger partial charge in [0.05, 0.1) is 11.8 Å². The summed E-state index contributed by atoms with van der Waals surface area (Å²) in [5.74, 6) is -2.10. The zero-order valence-corrected chi connectivity index (χ0v) is 13.8. The van der Waals surface area contributed by atoms with Crippen molar-refractivity contribution in [3.8, 4) is 0 Å². The van der Waals surface area contributed by atoms with E-state index >= 15 is 0 Å². The highest BCUT2D eigenvalue weighted by molar-refractivity contribution is 5.72. The first-order valence-corrected chi connectivity index (χ1v) is 7.60. The third-order valence-electron chi connectivity index (χ3n) is 4.07. The predicted molar refractivity (Wildman–Crippen MR) is 75.7 cm³/mol. The summed E-state index contributed by atoms with van der Waals surface area (Å²) in [6, 6.07) is 0. The molecule has 3 aliphatic heterocycles. The van der Waals surface area contributed by atoms with Gasteiger partial charge in [0.2, 0.25) is 5.91 Å². The Hall–Kier alpha value is -1.13. The number of nitrogens with zero attached hydrogens (tertiary/aromatic N) is 2. The van der Waals surface area contributed by atoms with Crippen molar-refractivity contribution in [3.05, 3.63) is 4.91 Å². The van der Waals surface area contributed by atoms with Gasteiger partial charge in [-0.05, 0) is 27.7 Å². The van der Waals surface area contributed by atoms with Crippen LogP contribution < -0.4 is 0 Å². The first-order chi connectivity index (χ1) is 10.6. The summed E-state index contributed by atoms with van der Waals surface area (Å²) in [5.41, 5.74) is 0. The van der Waals surface area contributed by atoms with E-state index in [9.17, 15) is 9.70 Å². The van der Waals surface area contributed by atoms with Crippen LogP contribution in [-0.4, -0.2) is 59.7 Å². The number of hydrogen-bond acceptors (Lipinski definition) is 8. The molecule has 0 aromatic heterocycles. The number of ether oxygens (including phenoxy) is 5. The highest BCUT2D eigenvalue weighted by Crippen LogP contribution is 2.44. The molecule has 3 heterocycles. The van der Waals surface area contributed by atoms with Crippen molar-refractivity contribution in [2.75, 3.05) is 6.54 Å². The molecular weight excluding hydrogens is 308 g/mol. The highest BCUT2D eigenvalue weighted by atomic mass is 16.9. The largest absolute Gasteiger partial charge is 0.342 e. The Labute approximate surface area is 134 Å². The zero-order valence-electron chi connectivity index (χ0n) is 13.8. The van der Waals surface area contributed by atoms with Crippen molar-refractivity contribution in [1.29, 1.82) is 0 Å². The average Bonchev–Trinajstić information content (AvgIpc) is 2.89. The average molecular weight is 330 g/mol. The fraction of sp³-hybridized carbons (Fsp3) is 0.929. The summed E-state index contributed by atoms with van der Waals surface area (Å²) in [4.78, 5) is 22.3. The second kappa shape index (κ2) is 5.45. The molecule has 3 saturated heterocycles. The minimum Gasteiger partial charge on any atom is -0.342 e. The van der Waals surface area contributed by atoms with Crippen molar-refractivity contribution in [3.63, 3.8) is 0 Å². The van der Waals surface area contributed by atoms with Crippen LogP contribution in [0.2, 0.25) is 0 Å². The Kier molecular flexibility index (Phi) is 3.96. The monoisotopic (exact) mass is 330 g/mol. The third kappa shape index (κ3) is 3.11. The summed E-state index contributed by atoms with van der Waals surface area (Å²) < 4.78 is 29.4. The van der Waals surface area contributed by atoms with Gasteiger partial charge in [-0.1, -0.05) is 0 Å². The maximum absolute atomic E-state index is 11.4. The second-order valence-corrected chi connectivity index (χ2v) is 6.89. The van der Waals surface area contributed by atoms with Crippen LogP contribution in [0.1, 0.15) is 34.6 Å². The van der Waals surface area contributed by atoms with Crippen LogP contribution in [0.4, 0.5) is 0 Å². The van der Waals surface area contributed by atoms with Gasteiger partial charge in [0.15, 0.2) is 17.9 Å². The van der Waals surface area contributed by atoms with E-state index in [0.29, 0.717) is 0 Å². The quantitative estimate of drug-likeness (QED) is 0.560. The van der Waals surface area contributed by atoms with Crippen molar-refractivity contribution >= 4 is 5.91 Å². The molecule has 23 heavy (non-hydrogen) atoms. The standard InChI is InChI=1S/C14H22N2O7/c1-7(17)16(15-18)6-8-9-10(21-13(2,3)20-9)11-12(19-8)23-14(4,5)22-11/h8-12H,6H2,1-5H3/t8-,9+,10+,11-,12-/m1/s1. The van der Waals surface area contributed by atoms with E-state index in [1.54, 1.807) is 27.7 Å². The van der Waals surface area contributed by atoms with Crippen LogP contribution in [0.15, 0.2) is 5.29 Å². The summed E-state index contributed by atoms with van der Waals surface area (Å²) >= 11 is 0. The van der Waals surface area contributed by atoms with E-state index in [4.69, 9.17) is 23.7 Å². The smallest absolute Gasteiger partial charge is 0.242 e. The van der Waals surface area contributed by atoms with Crippen LogP contribution in [0.25, 0.3) is 0 Å². The lowest BCUT2D eigenvalue weighted by molar-refractivity contribution is -0.236. The van der Waals surface area contributed by atoms with Gasteiger partial charge in [-0.2, -0.15) is 5.01 Å². The molecule has 3 fully saturated rings. The number of carbonyl (C=O) groups excluding carboxylic acids is 1. The van der Waals surface area contributed by atoms with Crippen LogP contribution in [0.3, 0.4) is 0 Å². The molecule has 9 heteroatoms. The van der Waals surface area contributed by atoms with Crippen LogP contribution in [-0.2, 0) is 28.5 Å². The van der Waals surface area contributed by atoms with Crippen molar-refractivity contribution < 1.29 is 28.5 Å².